The van der Waals surface area contributed by atoms with Crippen LogP contribution >= 0.6 is 0 Å². The van der Waals surface area contributed by atoms with Gasteiger partial charge in [0.1, 0.15) is 17.1 Å². The molecule has 0 unspecified atom stereocenters. The minimum absolute atomic E-state index is 0.0813. The van der Waals surface area contributed by atoms with Gasteiger partial charge in [0.25, 0.3) is 0 Å². The van der Waals surface area contributed by atoms with E-state index < -0.39 is 12.3 Å². The Morgan fingerprint density at radius 2 is 1.77 bits per heavy atom. The molecule has 2 aromatic carbocycles. The number of rotatable bonds is 4. The third-order valence-electron chi connectivity index (χ3n) is 2.83. The average Bonchev–Trinajstić information content (AvgIpc) is 2.45. The van der Waals surface area contributed by atoms with Crippen LogP contribution in [0.5, 0.6) is 11.5 Å². The second-order valence-electron chi connectivity index (χ2n) is 4.30. The Morgan fingerprint density at radius 1 is 1.09 bits per heavy atom. The van der Waals surface area contributed by atoms with Gasteiger partial charge < -0.3 is 14.6 Å². The first-order valence-corrected chi connectivity index (χ1v) is 6.07. The van der Waals surface area contributed by atoms with Gasteiger partial charge >= 0.3 is 12.3 Å². The molecule has 0 amide bonds. The van der Waals surface area contributed by atoms with Crippen LogP contribution in [0.15, 0.2) is 42.5 Å². The lowest BCUT2D eigenvalue weighted by molar-refractivity contribution is -0.274. The van der Waals surface area contributed by atoms with Gasteiger partial charge in [-0.05, 0) is 35.4 Å². The number of alkyl halides is 3. The Kier molecular flexibility index (Phi) is 4.25. The van der Waals surface area contributed by atoms with Crippen LogP contribution in [0.1, 0.15) is 10.4 Å². The van der Waals surface area contributed by atoms with Crippen molar-refractivity contribution in [3.63, 3.8) is 0 Å². The molecule has 7 heteroatoms. The molecule has 0 saturated heterocycles. The summed E-state index contributed by atoms with van der Waals surface area (Å²) in [4.78, 5) is 11.2. The maximum atomic E-state index is 12.2. The molecule has 0 radical (unpaired) electrons. The molecule has 0 aromatic heterocycles. The molecule has 22 heavy (non-hydrogen) atoms. The summed E-state index contributed by atoms with van der Waals surface area (Å²) in [5.41, 5.74) is 0.750. The maximum absolute atomic E-state index is 12.2. The normalized spacial score (nSPS) is 11.1. The molecule has 0 fully saturated rings. The molecule has 0 heterocycles. The van der Waals surface area contributed by atoms with Crippen LogP contribution in [0.4, 0.5) is 13.2 Å². The minimum atomic E-state index is -4.79. The molecule has 4 nitrogen and oxygen atoms in total. The number of ether oxygens (including phenoxy) is 2. The van der Waals surface area contributed by atoms with Crippen molar-refractivity contribution in [1.29, 1.82) is 0 Å². The van der Waals surface area contributed by atoms with Crippen molar-refractivity contribution in [2.24, 2.45) is 0 Å². The van der Waals surface area contributed by atoms with Crippen molar-refractivity contribution in [3.05, 3.63) is 48.0 Å². The van der Waals surface area contributed by atoms with Gasteiger partial charge in [-0.25, -0.2) is 4.79 Å². The van der Waals surface area contributed by atoms with Gasteiger partial charge in [0.2, 0.25) is 0 Å². The van der Waals surface area contributed by atoms with Gasteiger partial charge in [0, 0.05) is 0 Å². The number of halogens is 3. The van der Waals surface area contributed by atoms with Crippen molar-refractivity contribution in [2.45, 2.75) is 6.36 Å². The lowest BCUT2D eigenvalue weighted by atomic mass is 10.0. The third-order valence-corrected chi connectivity index (χ3v) is 2.83. The number of hydrogen-bond donors (Lipinski definition) is 1. The van der Waals surface area contributed by atoms with Crippen LogP contribution in [0.3, 0.4) is 0 Å². The molecule has 2 aromatic rings. The van der Waals surface area contributed by atoms with E-state index in [4.69, 9.17) is 9.84 Å². The summed E-state index contributed by atoms with van der Waals surface area (Å²) in [6.45, 7) is 0. The Labute approximate surface area is 123 Å². The summed E-state index contributed by atoms with van der Waals surface area (Å²) in [5.74, 6) is -1.40. The fraction of sp³-hybridized carbons (Fsp3) is 0.133. The van der Waals surface area contributed by atoms with Gasteiger partial charge in [0.15, 0.2) is 0 Å². The van der Waals surface area contributed by atoms with E-state index in [0.717, 1.165) is 0 Å². The predicted octanol–water partition coefficient (Wildman–Crippen LogP) is 3.96. The Hall–Kier alpha value is -2.70. The second kappa shape index (κ2) is 5.97. The van der Waals surface area contributed by atoms with E-state index in [1.807, 2.05) is 0 Å². The number of carbonyl (C=O) groups is 1. The average molecular weight is 312 g/mol. The number of hydrogen-bond acceptors (Lipinski definition) is 3. The molecule has 1 N–H and O–H groups in total. The fourth-order valence-corrected chi connectivity index (χ4v) is 1.93. The van der Waals surface area contributed by atoms with Crippen LogP contribution in [-0.4, -0.2) is 24.5 Å². The molecule has 0 saturated carbocycles. The minimum Gasteiger partial charge on any atom is -0.496 e. The highest BCUT2D eigenvalue weighted by Crippen LogP contribution is 2.30. The SMILES string of the molecule is COc1ccc(-c2cccc(OC(F)(F)F)c2)cc1C(=O)O. The quantitative estimate of drug-likeness (QED) is 0.928. The van der Waals surface area contributed by atoms with Gasteiger partial charge in [-0.3, -0.25) is 0 Å². The highest BCUT2D eigenvalue weighted by atomic mass is 19.4. The first kappa shape index (κ1) is 15.7. The second-order valence-corrected chi connectivity index (χ2v) is 4.30. The molecule has 0 bridgehead atoms. The van der Waals surface area contributed by atoms with Gasteiger partial charge in [-0.15, -0.1) is 13.2 Å². The predicted molar refractivity (Wildman–Crippen MR) is 72.1 cm³/mol. The third kappa shape index (κ3) is 3.69. The van der Waals surface area contributed by atoms with Crippen LogP contribution < -0.4 is 9.47 Å². The molecular formula is C15H11F3O4. The van der Waals surface area contributed by atoms with Crippen molar-refractivity contribution >= 4 is 5.97 Å². The standard InChI is InChI=1S/C15H11F3O4/c1-21-13-6-5-10(8-12(13)14(19)20)9-3-2-4-11(7-9)22-15(16,17)18/h2-8H,1H3,(H,19,20). The topological polar surface area (TPSA) is 55.8 Å². The van der Waals surface area contributed by atoms with Gasteiger partial charge in [-0.2, -0.15) is 0 Å². The van der Waals surface area contributed by atoms with E-state index >= 15 is 0 Å². The van der Waals surface area contributed by atoms with Crippen molar-refractivity contribution in [2.75, 3.05) is 7.11 Å². The van der Waals surface area contributed by atoms with Gasteiger partial charge in [-0.1, -0.05) is 18.2 Å². The molecule has 2 rings (SSSR count). The fourth-order valence-electron chi connectivity index (χ4n) is 1.93. The maximum Gasteiger partial charge on any atom is 0.573 e. The summed E-state index contributed by atoms with van der Waals surface area (Å²) in [7, 11) is 1.33. The van der Waals surface area contributed by atoms with Crippen molar-refractivity contribution < 1.29 is 32.5 Å². The highest BCUT2D eigenvalue weighted by Gasteiger charge is 2.31. The molecule has 0 aliphatic rings. The van der Waals surface area contributed by atoms with Crippen molar-refractivity contribution in [3.8, 4) is 22.6 Å². The molecule has 0 aliphatic carbocycles. The van der Waals surface area contributed by atoms with Crippen LogP contribution in [-0.2, 0) is 0 Å². The Morgan fingerprint density at radius 3 is 2.36 bits per heavy atom. The van der Waals surface area contributed by atoms with E-state index in [2.05, 4.69) is 4.74 Å². The lowest BCUT2D eigenvalue weighted by Crippen LogP contribution is -2.17. The molecule has 0 spiro atoms. The van der Waals surface area contributed by atoms with E-state index in [-0.39, 0.29) is 17.1 Å². The summed E-state index contributed by atoms with van der Waals surface area (Å²) >= 11 is 0. The largest absolute Gasteiger partial charge is 0.573 e. The van der Waals surface area contributed by atoms with E-state index in [9.17, 15) is 18.0 Å². The smallest absolute Gasteiger partial charge is 0.496 e. The monoisotopic (exact) mass is 312 g/mol. The Bertz CT molecular complexity index is 695. The zero-order valence-corrected chi connectivity index (χ0v) is 11.3. The number of aromatic carboxylic acids is 1. The van der Waals surface area contributed by atoms with Crippen LogP contribution in [0.2, 0.25) is 0 Å². The van der Waals surface area contributed by atoms with E-state index in [1.165, 1.54) is 37.4 Å². The van der Waals surface area contributed by atoms with Gasteiger partial charge in [0.05, 0.1) is 7.11 Å². The number of carboxylic acids is 1. The highest BCUT2D eigenvalue weighted by molar-refractivity contribution is 5.92. The summed E-state index contributed by atoms with van der Waals surface area (Å²) in [6.07, 6.45) is -4.79. The first-order chi connectivity index (χ1) is 10.3. The van der Waals surface area contributed by atoms with Crippen LogP contribution in [0, 0.1) is 0 Å². The first-order valence-electron chi connectivity index (χ1n) is 6.07. The molecule has 0 atom stereocenters. The van der Waals surface area contributed by atoms with Crippen molar-refractivity contribution in [1.82, 2.24) is 0 Å². The zero-order chi connectivity index (χ0) is 16.3. The molecule has 116 valence electrons. The molecule has 0 aliphatic heterocycles. The van der Waals surface area contributed by atoms with E-state index in [1.54, 1.807) is 12.1 Å². The Balaban J connectivity index is 2.42. The summed E-state index contributed by atoms with van der Waals surface area (Å²) in [6, 6.07) is 9.61. The number of carboxylic acid groups (broad SMARTS) is 1. The molecular weight excluding hydrogens is 301 g/mol. The van der Waals surface area contributed by atoms with Crippen LogP contribution in [0.25, 0.3) is 11.1 Å². The van der Waals surface area contributed by atoms with E-state index in [0.29, 0.717) is 11.1 Å². The zero-order valence-electron chi connectivity index (χ0n) is 11.3. The summed E-state index contributed by atoms with van der Waals surface area (Å²) in [5, 5.41) is 9.12. The lowest BCUT2D eigenvalue weighted by Gasteiger charge is -2.11. The number of methoxy groups -OCH3 is 1. The number of benzene rings is 2. The summed E-state index contributed by atoms with van der Waals surface area (Å²) < 4.78 is 45.5.